The van der Waals surface area contributed by atoms with E-state index in [1.165, 1.54) is 0 Å². The normalized spacial score (nSPS) is 10.5. The number of rotatable bonds is 1. The average Bonchev–Trinajstić information content (AvgIpc) is 2.51. The molecule has 0 unspecified atom stereocenters. The van der Waals surface area contributed by atoms with Crippen molar-refractivity contribution in [1.29, 1.82) is 0 Å². The van der Waals surface area contributed by atoms with Crippen LogP contribution < -0.4 is 5.73 Å². The van der Waals surface area contributed by atoms with Gasteiger partial charge in [0.15, 0.2) is 0 Å². The fourth-order valence-corrected chi connectivity index (χ4v) is 1.78. The topological polar surface area (TPSA) is 59.6 Å². The molecule has 0 bridgehead atoms. The molecule has 6 heteroatoms. The van der Waals surface area contributed by atoms with Crippen LogP contribution in [0, 0.1) is 11.7 Å². The molecule has 0 fully saturated rings. The Labute approximate surface area is 96.7 Å². The van der Waals surface area contributed by atoms with Crippen LogP contribution in [0.2, 0.25) is 5.02 Å². The van der Waals surface area contributed by atoms with Crippen LogP contribution in [0.5, 0.6) is 0 Å². The molecule has 15 heavy (non-hydrogen) atoms. The number of aryl methyl sites for hydroxylation is 1. The van der Waals surface area contributed by atoms with Crippen molar-refractivity contribution in [2.45, 2.75) is 6.92 Å². The van der Waals surface area contributed by atoms with E-state index in [-0.39, 0.29) is 0 Å². The fraction of sp³-hybridized carbons (Fsp3) is 0.111. The molecule has 1 aromatic heterocycles. The molecule has 4 nitrogen and oxygen atoms in total. The van der Waals surface area contributed by atoms with E-state index in [2.05, 4.69) is 10.2 Å². The number of aromatic nitrogens is 3. The molecule has 1 aromatic carbocycles. The first-order valence-corrected chi connectivity index (χ1v) is 5.07. The molecule has 0 spiro atoms. The summed E-state index contributed by atoms with van der Waals surface area (Å²) in [5.41, 5.74) is 7.51. The lowest BCUT2D eigenvalue weighted by Crippen LogP contribution is -2.01. The fourth-order valence-electron chi connectivity index (χ4n) is 1.34. The van der Waals surface area contributed by atoms with Crippen LogP contribution in [-0.4, -0.2) is 14.8 Å². The van der Waals surface area contributed by atoms with Gasteiger partial charge in [-0.2, -0.15) is 0 Å². The third-order valence-electron chi connectivity index (χ3n) is 2.04. The van der Waals surface area contributed by atoms with Gasteiger partial charge in [-0.15, -0.1) is 5.10 Å². The van der Waals surface area contributed by atoms with Crippen LogP contribution in [0.3, 0.4) is 0 Å². The largest absolute Gasteiger partial charge is 0.368 e. The lowest BCUT2D eigenvalue weighted by molar-refractivity contribution is 1.03. The van der Waals surface area contributed by atoms with E-state index in [4.69, 9.17) is 29.6 Å². The number of nitrogens with two attached hydrogens (primary N) is 1. The van der Waals surface area contributed by atoms with Gasteiger partial charge in [0, 0.05) is 0 Å². The van der Waals surface area contributed by atoms with E-state index >= 15 is 0 Å². The predicted molar refractivity (Wildman–Crippen MR) is 62.9 cm³/mol. The molecular weight excluding hydrogens is 232 g/mol. The minimum Gasteiger partial charge on any atom is -0.368 e. The zero-order chi connectivity index (χ0) is 11.0. The summed E-state index contributed by atoms with van der Waals surface area (Å²) in [6.07, 6.45) is 0. The van der Waals surface area contributed by atoms with Crippen molar-refractivity contribution in [3.05, 3.63) is 33.6 Å². The van der Waals surface area contributed by atoms with Crippen LogP contribution in [0.4, 0.5) is 5.95 Å². The number of nitrogens with one attached hydrogen (secondary N) is 1. The minimum atomic E-state index is 0.299. The Morgan fingerprint density at radius 1 is 1.53 bits per heavy atom. The Bertz CT molecular complexity index is 557. The van der Waals surface area contributed by atoms with Crippen molar-refractivity contribution < 1.29 is 0 Å². The third kappa shape index (κ3) is 1.75. The van der Waals surface area contributed by atoms with Gasteiger partial charge >= 0.3 is 0 Å². The zero-order valence-corrected chi connectivity index (χ0v) is 9.56. The predicted octanol–water partition coefficient (Wildman–Crippen LogP) is 2.47. The maximum absolute atomic E-state index is 6.07. The van der Waals surface area contributed by atoms with Crippen molar-refractivity contribution in [3.8, 4) is 5.69 Å². The molecule has 0 saturated heterocycles. The number of aromatic amines is 1. The molecule has 1 heterocycles. The minimum absolute atomic E-state index is 0.299. The van der Waals surface area contributed by atoms with E-state index in [0.29, 0.717) is 15.7 Å². The van der Waals surface area contributed by atoms with Gasteiger partial charge in [-0.05, 0) is 36.8 Å². The summed E-state index contributed by atoms with van der Waals surface area (Å²) in [4.78, 5) is 0. The van der Waals surface area contributed by atoms with Gasteiger partial charge < -0.3 is 5.73 Å². The molecule has 0 saturated carbocycles. The van der Waals surface area contributed by atoms with E-state index in [1.807, 2.05) is 19.1 Å². The van der Waals surface area contributed by atoms with Gasteiger partial charge in [0.1, 0.15) is 0 Å². The number of anilines is 1. The second-order valence-electron chi connectivity index (χ2n) is 3.18. The number of benzene rings is 1. The standard InChI is InChI=1S/C9H9ClN4S/c1-5-2-3-6(10)7(4-5)14-8(11)12-13-9(14)15/h2-4H,1H3,(H2,11,12)(H,13,15). The monoisotopic (exact) mass is 240 g/mol. The number of halogens is 1. The highest BCUT2D eigenvalue weighted by Gasteiger charge is 2.08. The highest BCUT2D eigenvalue weighted by atomic mass is 35.5. The number of hydrogen-bond donors (Lipinski definition) is 2. The number of nitrogens with zero attached hydrogens (tertiary/aromatic N) is 2. The van der Waals surface area contributed by atoms with Crippen molar-refractivity contribution in [2.24, 2.45) is 0 Å². The lowest BCUT2D eigenvalue weighted by atomic mass is 10.2. The first kappa shape index (κ1) is 10.2. The van der Waals surface area contributed by atoms with Gasteiger partial charge in [0.05, 0.1) is 10.7 Å². The van der Waals surface area contributed by atoms with Crippen LogP contribution in [0.1, 0.15) is 5.56 Å². The number of nitrogen functional groups attached to an aromatic ring is 1. The Kier molecular flexibility index (Phi) is 2.50. The SMILES string of the molecule is Cc1ccc(Cl)c(-n2c(N)n[nH]c2=S)c1. The van der Waals surface area contributed by atoms with Crippen LogP contribution in [0.15, 0.2) is 18.2 Å². The van der Waals surface area contributed by atoms with E-state index in [9.17, 15) is 0 Å². The second kappa shape index (κ2) is 3.67. The molecule has 3 N–H and O–H groups in total. The van der Waals surface area contributed by atoms with Crippen LogP contribution in [0.25, 0.3) is 5.69 Å². The number of hydrogen-bond acceptors (Lipinski definition) is 3. The first-order chi connectivity index (χ1) is 7.09. The van der Waals surface area contributed by atoms with E-state index in [0.717, 1.165) is 11.3 Å². The van der Waals surface area contributed by atoms with Crippen molar-refractivity contribution in [2.75, 3.05) is 5.73 Å². The summed E-state index contributed by atoms with van der Waals surface area (Å²) >= 11 is 11.1. The highest BCUT2D eigenvalue weighted by molar-refractivity contribution is 7.71. The molecular formula is C9H9ClN4S. The lowest BCUT2D eigenvalue weighted by Gasteiger charge is -2.06. The summed E-state index contributed by atoms with van der Waals surface area (Å²) in [6, 6.07) is 5.64. The maximum atomic E-state index is 6.07. The van der Waals surface area contributed by atoms with Crippen LogP contribution in [-0.2, 0) is 0 Å². The Morgan fingerprint density at radius 3 is 2.87 bits per heavy atom. The first-order valence-electron chi connectivity index (χ1n) is 4.29. The van der Waals surface area contributed by atoms with Gasteiger partial charge in [-0.1, -0.05) is 17.7 Å². The smallest absolute Gasteiger partial charge is 0.225 e. The van der Waals surface area contributed by atoms with Gasteiger partial charge in [-0.3, -0.25) is 4.57 Å². The van der Waals surface area contributed by atoms with Gasteiger partial charge in [0.2, 0.25) is 10.7 Å². The zero-order valence-electron chi connectivity index (χ0n) is 7.99. The summed E-state index contributed by atoms with van der Waals surface area (Å²) < 4.78 is 2.03. The molecule has 0 atom stereocenters. The quantitative estimate of drug-likeness (QED) is 0.753. The summed E-state index contributed by atoms with van der Waals surface area (Å²) in [6.45, 7) is 1.97. The molecule has 0 aliphatic heterocycles. The summed E-state index contributed by atoms with van der Waals surface area (Å²) in [7, 11) is 0. The Balaban J connectivity index is 2.74. The molecule has 2 aromatic rings. The molecule has 0 aliphatic carbocycles. The third-order valence-corrected chi connectivity index (χ3v) is 2.63. The maximum Gasteiger partial charge on any atom is 0.225 e. The summed E-state index contributed by atoms with van der Waals surface area (Å²) in [5, 5.41) is 7.03. The summed E-state index contributed by atoms with van der Waals surface area (Å²) in [5.74, 6) is 0.299. The second-order valence-corrected chi connectivity index (χ2v) is 3.97. The Morgan fingerprint density at radius 2 is 2.27 bits per heavy atom. The van der Waals surface area contributed by atoms with Gasteiger partial charge in [0.25, 0.3) is 0 Å². The molecule has 78 valence electrons. The van der Waals surface area contributed by atoms with Crippen molar-refractivity contribution in [3.63, 3.8) is 0 Å². The van der Waals surface area contributed by atoms with Crippen LogP contribution >= 0.6 is 23.8 Å². The Hall–Kier alpha value is -1.33. The van der Waals surface area contributed by atoms with Crippen molar-refractivity contribution >= 4 is 29.8 Å². The van der Waals surface area contributed by atoms with Gasteiger partial charge in [-0.25, -0.2) is 5.10 Å². The molecule has 0 radical (unpaired) electrons. The molecule has 0 aliphatic rings. The molecule has 0 amide bonds. The van der Waals surface area contributed by atoms with E-state index < -0.39 is 0 Å². The number of H-pyrrole nitrogens is 1. The molecule has 2 rings (SSSR count). The average molecular weight is 241 g/mol. The van der Waals surface area contributed by atoms with Crippen molar-refractivity contribution in [1.82, 2.24) is 14.8 Å². The van der Waals surface area contributed by atoms with E-state index in [1.54, 1.807) is 10.6 Å². The highest BCUT2D eigenvalue weighted by Crippen LogP contribution is 2.23.